The molecule has 18 heavy (non-hydrogen) atoms. The predicted octanol–water partition coefficient (Wildman–Crippen LogP) is 1.13. The van der Waals surface area contributed by atoms with E-state index >= 15 is 0 Å². The molecule has 0 amide bonds. The molecule has 0 aliphatic rings. The third-order valence-electron chi connectivity index (χ3n) is 2.59. The van der Waals surface area contributed by atoms with Crippen LogP contribution >= 0.6 is 0 Å². The Labute approximate surface area is 104 Å². The molecule has 1 heterocycles. The van der Waals surface area contributed by atoms with Crippen LogP contribution in [-0.4, -0.2) is 28.5 Å². The number of benzene rings is 1. The normalized spacial score (nSPS) is 14.2. The SMILES string of the molecule is COc1ccccc1-c1noc(C(N)C(C)O)n1. The van der Waals surface area contributed by atoms with Crippen molar-refractivity contribution in [2.75, 3.05) is 7.11 Å². The van der Waals surface area contributed by atoms with E-state index in [4.69, 9.17) is 15.0 Å². The van der Waals surface area contributed by atoms with Gasteiger partial charge in [0.1, 0.15) is 11.8 Å². The molecule has 6 heteroatoms. The highest BCUT2D eigenvalue weighted by Gasteiger charge is 2.20. The van der Waals surface area contributed by atoms with Gasteiger partial charge in [-0.25, -0.2) is 0 Å². The molecule has 0 spiro atoms. The first-order valence-electron chi connectivity index (χ1n) is 5.54. The first kappa shape index (κ1) is 12.5. The molecule has 0 aliphatic carbocycles. The van der Waals surface area contributed by atoms with E-state index < -0.39 is 12.1 Å². The Morgan fingerprint density at radius 2 is 2.11 bits per heavy atom. The first-order chi connectivity index (χ1) is 8.63. The van der Waals surface area contributed by atoms with Crippen LogP contribution in [0.3, 0.4) is 0 Å². The van der Waals surface area contributed by atoms with Crippen molar-refractivity contribution >= 4 is 0 Å². The van der Waals surface area contributed by atoms with E-state index in [1.165, 1.54) is 0 Å². The van der Waals surface area contributed by atoms with Crippen LogP contribution in [0.15, 0.2) is 28.8 Å². The van der Waals surface area contributed by atoms with Gasteiger partial charge in [-0.2, -0.15) is 4.98 Å². The Hall–Kier alpha value is -1.92. The fraction of sp³-hybridized carbons (Fsp3) is 0.333. The van der Waals surface area contributed by atoms with E-state index in [-0.39, 0.29) is 5.89 Å². The summed E-state index contributed by atoms with van der Waals surface area (Å²) < 4.78 is 10.3. The number of hydrogen-bond acceptors (Lipinski definition) is 6. The summed E-state index contributed by atoms with van der Waals surface area (Å²) in [7, 11) is 1.57. The monoisotopic (exact) mass is 249 g/mol. The second kappa shape index (κ2) is 5.16. The second-order valence-corrected chi connectivity index (χ2v) is 3.92. The van der Waals surface area contributed by atoms with E-state index in [1.807, 2.05) is 18.2 Å². The molecule has 0 bridgehead atoms. The standard InChI is InChI=1S/C12H15N3O3/c1-7(16)10(13)12-14-11(15-18-12)8-5-3-4-6-9(8)17-2/h3-7,10,16H,13H2,1-2H3. The summed E-state index contributed by atoms with van der Waals surface area (Å²) in [5.41, 5.74) is 6.44. The maximum Gasteiger partial charge on any atom is 0.246 e. The largest absolute Gasteiger partial charge is 0.496 e. The molecule has 1 aromatic carbocycles. The van der Waals surface area contributed by atoms with Crippen molar-refractivity contribution in [3.8, 4) is 17.1 Å². The van der Waals surface area contributed by atoms with Gasteiger partial charge in [0.2, 0.25) is 11.7 Å². The van der Waals surface area contributed by atoms with Crippen LogP contribution in [0, 0.1) is 0 Å². The van der Waals surface area contributed by atoms with Crippen molar-refractivity contribution in [1.82, 2.24) is 10.1 Å². The highest BCUT2D eigenvalue weighted by molar-refractivity contribution is 5.63. The van der Waals surface area contributed by atoms with Crippen molar-refractivity contribution in [3.63, 3.8) is 0 Å². The fourth-order valence-electron chi connectivity index (χ4n) is 1.52. The number of nitrogens with zero attached hydrogens (tertiary/aromatic N) is 2. The molecule has 0 aliphatic heterocycles. The minimum Gasteiger partial charge on any atom is -0.496 e. The molecule has 2 atom stereocenters. The molecule has 2 rings (SSSR count). The molecule has 2 aromatic rings. The third-order valence-corrected chi connectivity index (χ3v) is 2.59. The lowest BCUT2D eigenvalue weighted by Crippen LogP contribution is -2.23. The van der Waals surface area contributed by atoms with E-state index in [1.54, 1.807) is 20.1 Å². The zero-order valence-electron chi connectivity index (χ0n) is 10.2. The van der Waals surface area contributed by atoms with Gasteiger partial charge in [0.25, 0.3) is 0 Å². The topological polar surface area (TPSA) is 94.4 Å². The molecular formula is C12H15N3O3. The van der Waals surface area contributed by atoms with E-state index in [9.17, 15) is 5.11 Å². The summed E-state index contributed by atoms with van der Waals surface area (Å²) in [6.45, 7) is 1.57. The summed E-state index contributed by atoms with van der Waals surface area (Å²) in [6, 6.07) is 6.63. The highest BCUT2D eigenvalue weighted by Crippen LogP contribution is 2.27. The smallest absolute Gasteiger partial charge is 0.246 e. The van der Waals surface area contributed by atoms with E-state index in [0.29, 0.717) is 17.1 Å². The molecule has 6 nitrogen and oxygen atoms in total. The molecule has 0 saturated carbocycles. The molecule has 3 N–H and O–H groups in total. The second-order valence-electron chi connectivity index (χ2n) is 3.92. The van der Waals surface area contributed by atoms with Gasteiger partial charge in [-0.15, -0.1) is 0 Å². The van der Waals surface area contributed by atoms with Crippen molar-refractivity contribution in [2.45, 2.75) is 19.1 Å². The summed E-state index contributed by atoms with van der Waals surface area (Å²) in [5.74, 6) is 1.24. The lowest BCUT2D eigenvalue weighted by Gasteiger charge is -2.08. The number of aliphatic hydroxyl groups is 1. The van der Waals surface area contributed by atoms with Gasteiger partial charge in [0, 0.05) is 0 Å². The Balaban J connectivity index is 2.35. The molecule has 1 aromatic heterocycles. The number of aromatic nitrogens is 2. The Bertz CT molecular complexity index is 525. The Morgan fingerprint density at radius 1 is 1.39 bits per heavy atom. The molecular weight excluding hydrogens is 234 g/mol. The number of nitrogens with two attached hydrogens (primary N) is 1. The lowest BCUT2D eigenvalue weighted by atomic mass is 10.2. The Morgan fingerprint density at radius 3 is 2.78 bits per heavy atom. The number of hydrogen-bond donors (Lipinski definition) is 2. The molecule has 96 valence electrons. The third kappa shape index (κ3) is 2.34. The van der Waals surface area contributed by atoms with Gasteiger partial charge < -0.3 is 20.1 Å². The first-order valence-corrected chi connectivity index (χ1v) is 5.54. The number of para-hydroxylation sites is 1. The maximum absolute atomic E-state index is 9.38. The van der Waals surface area contributed by atoms with E-state index in [2.05, 4.69) is 10.1 Å². The summed E-state index contributed by atoms with van der Waals surface area (Å²) in [5, 5.41) is 13.2. The Kier molecular flexibility index (Phi) is 3.59. The van der Waals surface area contributed by atoms with Crippen LogP contribution in [0.25, 0.3) is 11.4 Å². The van der Waals surface area contributed by atoms with Crippen LogP contribution in [0.5, 0.6) is 5.75 Å². The van der Waals surface area contributed by atoms with Crippen LogP contribution in [-0.2, 0) is 0 Å². The summed E-state index contributed by atoms with van der Waals surface area (Å²) >= 11 is 0. The average molecular weight is 249 g/mol. The zero-order valence-corrected chi connectivity index (χ0v) is 10.2. The van der Waals surface area contributed by atoms with E-state index in [0.717, 1.165) is 0 Å². The van der Waals surface area contributed by atoms with Crippen LogP contribution < -0.4 is 10.5 Å². The number of aliphatic hydroxyl groups excluding tert-OH is 1. The zero-order chi connectivity index (χ0) is 13.1. The summed E-state index contributed by atoms with van der Waals surface area (Å²) in [6.07, 6.45) is -0.754. The minimum atomic E-state index is -0.754. The van der Waals surface area contributed by atoms with Crippen LogP contribution in [0.4, 0.5) is 0 Å². The van der Waals surface area contributed by atoms with Gasteiger partial charge in [0.05, 0.1) is 18.8 Å². The maximum atomic E-state index is 9.38. The van der Waals surface area contributed by atoms with Gasteiger partial charge in [-0.3, -0.25) is 0 Å². The van der Waals surface area contributed by atoms with Crippen molar-refractivity contribution in [2.24, 2.45) is 5.73 Å². The average Bonchev–Trinajstić information content (AvgIpc) is 2.87. The van der Waals surface area contributed by atoms with Crippen molar-refractivity contribution < 1.29 is 14.4 Å². The molecule has 0 saturated heterocycles. The summed E-state index contributed by atoms with van der Waals surface area (Å²) in [4.78, 5) is 4.17. The lowest BCUT2D eigenvalue weighted by molar-refractivity contribution is 0.146. The number of methoxy groups -OCH3 is 1. The number of rotatable bonds is 4. The van der Waals surface area contributed by atoms with Crippen LogP contribution in [0.1, 0.15) is 18.9 Å². The molecule has 0 fully saturated rings. The minimum absolute atomic E-state index is 0.200. The molecule has 0 radical (unpaired) electrons. The van der Waals surface area contributed by atoms with Crippen LogP contribution in [0.2, 0.25) is 0 Å². The molecule has 2 unspecified atom stereocenters. The van der Waals surface area contributed by atoms with Gasteiger partial charge in [-0.05, 0) is 19.1 Å². The number of ether oxygens (including phenoxy) is 1. The predicted molar refractivity (Wildman–Crippen MR) is 64.9 cm³/mol. The fourth-order valence-corrected chi connectivity index (χ4v) is 1.52. The quantitative estimate of drug-likeness (QED) is 0.843. The van der Waals surface area contributed by atoms with Crippen molar-refractivity contribution in [3.05, 3.63) is 30.2 Å². The van der Waals surface area contributed by atoms with Gasteiger partial charge in [0.15, 0.2) is 0 Å². The highest BCUT2D eigenvalue weighted by atomic mass is 16.5. The van der Waals surface area contributed by atoms with Crippen molar-refractivity contribution in [1.29, 1.82) is 0 Å². The van der Waals surface area contributed by atoms with Gasteiger partial charge >= 0.3 is 0 Å². The van der Waals surface area contributed by atoms with Gasteiger partial charge in [-0.1, -0.05) is 17.3 Å².